The van der Waals surface area contributed by atoms with Crippen molar-refractivity contribution in [1.29, 1.82) is 0 Å². The Balaban J connectivity index is 1.66. The fraction of sp³-hybridized carbons (Fsp3) is 0.261. The third-order valence-electron chi connectivity index (χ3n) is 5.24. The minimum Gasteiger partial charge on any atom is -0.322 e. The van der Waals surface area contributed by atoms with Crippen LogP contribution in [-0.2, 0) is 6.42 Å². The Morgan fingerprint density at radius 1 is 1.07 bits per heavy atom. The van der Waals surface area contributed by atoms with Gasteiger partial charge in [0.2, 0.25) is 0 Å². The van der Waals surface area contributed by atoms with Crippen LogP contribution in [0.4, 0.5) is 17.2 Å². The van der Waals surface area contributed by atoms with Crippen LogP contribution in [0.5, 0.6) is 0 Å². The maximum absolute atomic E-state index is 12.5. The highest BCUT2D eigenvalue weighted by Crippen LogP contribution is 2.36. The molecular weight excluding hydrogens is 348 g/mol. The number of nitrogens with zero attached hydrogens (tertiary/aromatic N) is 3. The van der Waals surface area contributed by atoms with E-state index in [2.05, 4.69) is 70.6 Å². The summed E-state index contributed by atoms with van der Waals surface area (Å²) < 4.78 is 0. The molecule has 1 aromatic heterocycles. The highest BCUT2D eigenvalue weighted by molar-refractivity contribution is 5.77. The Bertz CT molecular complexity index is 1180. The van der Waals surface area contributed by atoms with Crippen molar-refractivity contribution in [2.24, 2.45) is 4.99 Å². The molecule has 0 aliphatic carbocycles. The Labute approximate surface area is 164 Å². The van der Waals surface area contributed by atoms with Crippen molar-refractivity contribution in [3.63, 3.8) is 0 Å². The molecule has 142 valence electrons. The van der Waals surface area contributed by atoms with E-state index in [1.165, 1.54) is 11.1 Å². The molecule has 3 aromatic rings. The first-order valence-electron chi connectivity index (χ1n) is 9.63. The molecule has 0 amide bonds. The van der Waals surface area contributed by atoms with Crippen molar-refractivity contribution in [2.75, 3.05) is 11.4 Å². The number of nitrogens with one attached hydrogen (secondary N) is 1. The SMILES string of the molecule is C=c1nc2c(c(=O)[nH]1)=Nc1cc(C)c(C)cc1N2CCCCc1ccccc1. The van der Waals surface area contributed by atoms with Gasteiger partial charge in [-0.2, -0.15) is 0 Å². The van der Waals surface area contributed by atoms with Gasteiger partial charge in [-0.3, -0.25) is 4.79 Å². The summed E-state index contributed by atoms with van der Waals surface area (Å²) in [4.78, 5) is 26.4. The monoisotopic (exact) mass is 372 g/mol. The number of hydrogen-bond donors (Lipinski definition) is 1. The minimum absolute atomic E-state index is 0.242. The second-order valence-corrected chi connectivity index (χ2v) is 7.32. The van der Waals surface area contributed by atoms with Gasteiger partial charge in [-0.25, -0.2) is 9.98 Å². The zero-order chi connectivity index (χ0) is 19.7. The summed E-state index contributed by atoms with van der Waals surface area (Å²) in [5.74, 6) is 0.601. The number of aryl methyl sites for hydroxylation is 3. The number of H-pyrrole nitrogens is 1. The first-order valence-corrected chi connectivity index (χ1v) is 9.63. The molecule has 1 aliphatic rings. The van der Waals surface area contributed by atoms with E-state index >= 15 is 0 Å². The summed E-state index contributed by atoms with van der Waals surface area (Å²) >= 11 is 0. The molecule has 5 heteroatoms. The maximum Gasteiger partial charge on any atom is 0.279 e. The van der Waals surface area contributed by atoms with Crippen LogP contribution in [0, 0.1) is 13.8 Å². The standard InChI is InChI=1S/C23H24N4O/c1-15-13-19-20(14-16(15)2)27(12-8-7-11-18-9-5-4-6-10-18)22-21(26-19)23(28)25-17(3)24-22/h4-6,9-10,13-14H,3,7-8,11-12H2,1-2H3,(H,25,28). The molecule has 0 radical (unpaired) electrons. The molecule has 0 spiro atoms. The molecule has 4 rings (SSSR count). The van der Waals surface area contributed by atoms with Crippen molar-refractivity contribution in [1.82, 2.24) is 9.97 Å². The van der Waals surface area contributed by atoms with Crippen LogP contribution >= 0.6 is 0 Å². The van der Waals surface area contributed by atoms with Gasteiger partial charge in [-0.05, 0) is 61.9 Å². The molecular formula is C23H24N4O. The molecule has 28 heavy (non-hydrogen) atoms. The summed E-state index contributed by atoms with van der Waals surface area (Å²) in [5, 5.41) is 0.367. The van der Waals surface area contributed by atoms with E-state index in [4.69, 9.17) is 0 Å². The summed E-state index contributed by atoms with van der Waals surface area (Å²) in [6.07, 6.45) is 3.09. The Hall–Kier alpha value is -3.21. The number of hydrogen-bond acceptors (Lipinski definition) is 4. The molecule has 0 saturated carbocycles. The van der Waals surface area contributed by atoms with Gasteiger partial charge in [-0.15, -0.1) is 0 Å². The van der Waals surface area contributed by atoms with Gasteiger partial charge >= 0.3 is 0 Å². The Morgan fingerprint density at radius 2 is 1.82 bits per heavy atom. The molecule has 0 saturated heterocycles. The third-order valence-corrected chi connectivity index (χ3v) is 5.24. The Kier molecular flexibility index (Phi) is 4.82. The number of aromatic amines is 1. The van der Waals surface area contributed by atoms with Crippen LogP contribution in [-0.4, -0.2) is 16.5 Å². The van der Waals surface area contributed by atoms with E-state index in [1.54, 1.807) is 0 Å². The quantitative estimate of drug-likeness (QED) is 0.700. The zero-order valence-corrected chi connectivity index (χ0v) is 16.3. The highest BCUT2D eigenvalue weighted by atomic mass is 16.1. The van der Waals surface area contributed by atoms with E-state index in [-0.39, 0.29) is 5.56 Å². The van der Waals surface area contributed by atoms with Gasteiger partial charge < -0.3 is 9.88 Å². The van der Waals surface area contributed by atoms with Crippen LogP contribution in [0.2, 0.25) is 0 Å². The van der Waals surface area contributed by atoms with Gasteiger partial charge in [0.25, 0.3) is 5.56 Å². The summed E-state index contributed by atoms with van der Waals surface area (Å²) in [6, 6.07) is 14.7. The molecule has 2 aromatic carbocycles. The van der Waals surface area contributed by atoms with Crippen molar-refractivity contribution in [3.8, 4) is 0 Å². The fourth-order valence-electron chi connectivity index (χ4n) is 3.59. The average Bonchev–Trinajstić information content (AvgIpc) is 2.67. The van der Waals surface area contributed by atoms with Crippen LogP contribution < -0.4 is 21.3 Å². The van der Waals surface area contributed by atoms with Crippen molar-refractivity contribution in [3.05, 3.63) is 80.3 Å². The third kappa shape index (κ3) is 3.48. The van der Waals surface area contributed by atoms with E-state index in [0.29, 0.717) is 16.7 Å². The predicted octanol–water partition coefficient (Wildman–Crippen LogP) is 3.22. The first kappa shape index (κ1) is 18.2. The van der Waals surface area contributed by atoms with E-state index in [1.807, 2.05) is 12.1 Å². The first-order chi connectivity index (χ1) is 13.5. The van der Waals surface area contributed by atoms with Crippen molar-refractivity contribution in [2.45, 2.75) is 33.1 Å². The van der Waals surface area contributed by atoms with Crippen molar-refractivity contribution >= 4 is 23.8 Å². The lowest BCUT2D eigenvalue weighted by molar-refractivity contribution is 0.721. The van der Waals surface area contributed by atoms with Crippen LogP contribution in [0.15, 0.2) is 52.3 Å². The van der Waals surface area contributed by atoms with Gasteiger partial charge in [-0.1, -0.05) is 36.9 Å². The van der Waals surface area contributed by atoms with E-state index in [0.717, 1.165) is 42.7 Å². The van der Waals surface area contributed by atoms with E-state index < -0.39 is 0 Å². The van der Waals surface area contributed by atoms with Gasteiger partial charge in [0.05, 0.1) is 11.4 Å². The smallest absolute Gasteiger partial charge is 0.279 e. The molecule has 0 atom stereocenters. The normalized spacial score (nSPS) is 12.3. The summed E-state index contributed by atoms with van der Waals surface area (Å²) in [5.41, 5.74) is 5.65. The molecule has 1 aliphatic heterocycles. The second kappa shape index (κ2) is 7.43. The highest BCUT2D eigenvalue weighted by Gasteiger charge is 2.23. The molecule has 1 N–H and O–H groups in total. The lowest BCUT2D eigenvalue weighted by Crippen LogP contribution is -2.42. The van der Waals surface area contributed by atoms with Crippen LogP contribution in [0.25, 0.3) is 6.58 Å². The molecule has 0 bridgehead atoms. The summed E-state index contributed by atoms with van der Waals surface area (Å²) in [6.45, 7) is 8.75. The molecule has 0 unspecified atom stereocenters. The van der Waals surface area contributed by atoms with Crippen molar-refractivity contribution < 1.29 is 0 Å². The number of rotatable bonds is 5. The number of unbranched alkanes of at least 4 members (excludes halogenated alkanes) is 1. The second-order valence-electron chi connectivity index (χ2n) is 7.32. The number of fused-ring (bicyclic) bond motifs is 2. The largest absolute Gasteiger partial charge is 0.322 e. The Morgan fingerprint density at radius 3 is 2.61 bits per heavy atom. The minimum atomic E-state index is -0.242. The molecule has 0 fully saturated rings. The molecule has 5 nitrogen and oxygen atoms in total. The number of aromatic nitrogens is 2. The van der Waals surface area contributed by atoms with Gasteiger partial charge in [0, 0.05) is 6.54 Å². The predicted molar refractivity (Wildman–Crippen MR) is 113 cm³/mol. The lowest BCUT2D eigenvalue weighted by Gasteiger charge is -2.28. The zero-order valence-electron chi connectivity index (χ0n) is 16.3. The maximum atomic E-state index is 12.5. The van der Waals surface area contributed by atoms with Crippen LogP contribution in [0.3, 0.4) is 0 Å². The van der Waals surface area contributed by atoms with Crippen LogP contribution in [0.1, 0.15) is 29.5 Å². The fourth-order valence-corrected chi connectivity index (χ4v) is 3.59. The van der Waals surface area contributed by atoms with Gasteiger partial charge in [0.1, 0.15) is 5.48 Å². The number of anilines is 2. The van der Waals surface area contributed by atoms with Gasteiger partial charge in [0.15, 0.2) is 11.2 Å². The average molecular weight is 372 g/mol. The lowest BCUT2D eigenvalue weighted by atomic mass is 10.0. The summed E-state index contributed by atoms with van der Waals surface area (Å²) in [7, 11) is 0. The topological polar surface area (TPSA) is 61.4 Å². The molecule has 2 heterocycles. The number of benzene rings is 2. The van der Waals surface area contributed by atoms with E-state index in [9.17, 15) is 4.79 Å².